The smallest absolute Gasteiger partial charge is 0.331 e. The largest absolute Gasteiger partial charge is 0.466 e. The molecule has 1 aliphatic heterocycles. The zero-order valence-electron chi connectivity index (χ0n) is 10.9. The van der Waals surface area contributed by atoms with Crippen molar-refractivity contribution >= 4 is 51.0 Å². The zero-order chi connectivity index (χ0) is 15.2. The number of hydrogen-bond donors (Lipinski definition) is 1. The number of amides is 1. The number of nitrogens with one attached hydrogen (secondary N) is 1. The van der Waals surface area contributed by atoms with E-state index in [1.807, 2.05) is 24.3 Å². The summed E-state index contributed by atoms with van der Waals surface area (Å²) >= 11 is 4.38. The number of halogens is 1. The van der Waals surface area contributed by atoms with Crippen molar-refractivity contribution < 1.29 is 14.3 Å². The number of carbonyl (C=O) groups excluding carboxylic acids is 2. The van der Waals surface area contributed by atoms with Gasteiger partial charge in [0.05, 0.1) is 18.2 Å². The summed E-state index contributed by atoms with van der Waals surface area (Å²) in [5.41, 5.74) is 0.869. The van der Waals surface area contributed by atoms with Crippen LogP contribution in [-0.2, 0) is 14.3 Å². The molecular formula is C13H10BrN3O3S. The number of benzene rings is 1. The van der Waals surface area contributed by atoms with Gasteiger partial charge in [0, 0.05) is 10.5 Å². The molecular weight excluding hydrogens is 358 g/mol. The van der Waals surface area contributed by atoms with Gasteiger partial charge in [-0.2, -0.15) is 5.10 Å². The van der Waals surface area contributed by atoms with Gasteiger partial charge in [0.15, 0.2) is 5.17 Å². The topological polar surface area (TPSA) is 80.1 Å². The van der Waals surface area contributed by atoms with Gasteiger partial charge in [0.25, 0.3) is 5.91 Å². The molecule has 0 aromatic heterocycles. The van der Waals surface area contributed by atoms with Crippen LogP contribution in [0.2, 0.25) is 0 Å². The van der Waals surface area contributed by atoms with Crippen molar-refractivity contribution in [2.75, 3.05) is 7.11 Å². The van der Waals surface area contributed by atoms with E-state index < -0.39 is 11.9 Å². The van der Waals surface area contributed by atoms with Gasteiger partial charge in [0.2, 0.25) is 0 Å². The van der Waals surface area contributed by atoms with Crippen molar-refractivity contribution in [1.82, 2.24) is 5.32 Å². The fourth-order valence-electron chi connectivity index (χ4n) is 1.38. The lowest BCUT2D eigenvalue weighted by molar-refractivity contribution is -0.135. The molecule has 0 bridgehead atoms. The van der Waals surface area contributed by atoms with Crippen LogP contribution in [0.5, 0.6) is 0 Å². The monoisotopic (exact) mass is 367 g/mol. The van der Waals surface area contributed by atoms with Crippen molar-refractivity contribution in [2.24, 2.45) is 10.2 Å². The molecule has 1 fully saturated rings. The molecule has 0 unspecified atom stereocenters. The molecule has 1 aromatic rings. The number of hydrogen-bond acceptors (Lipinski definition) is 6. The maximum atomic E-state index is 11.6. The van der Waals surface area contributed by atoms with Gasteiger partial charge < -0.3 is 4.74 Å². The van der Waals surface area contributed by atoms with E-state index >= 15 is 0 Å². The van der Waals surface area contributed by atoms with E-state index in [4.69, 9.17) is 0 Å². The van der Waals surface area contributed by atoms with Crippen LogP contribution in [0, 0.1) is 0 Å². The first kappa shape index (κ1) is 15.5. The van der Waals surface area contributed by atoms with Crippen molar-refractivity contribution in [2.45, 2.75) is 0 Å². The standard InChI is InChI=1S/C13H10BrN3O3S/c1-20-11(18)6-10-12(19)16-13(21-10)17-15-7-8-3-2-4-9(14)5-8/h2-7H,1H3,(H,16,17,19)/b10-6-,15-7+. The fourth-order valence-corrected chi connectivity index (χ4v) is 2.53. The number of amidine groups is 1. The van der Waals surface area contributed by atoms with Crippen LogP contribution in [0.1, 0.15) is 5.56 Å². The SMILES string of the molecule is COC(=O)/C=C1\S/C(=N/N=C/c2cccc(Br)c2)NC1=O. The molecule has 108 valence electrons. The first-order valence-electron chi connectivity index (χ1n) is 5.74. The summed E-state index contributed by atoms with van der Waals surface area (Å²) in [6, 6.07) is 7.53. The van der Waals surface area contributed by atoms with Gasteiger partial charge in [-0.1, -0.05) is 28.1 Å². The Hall–Kier alpha value is -1.93. The summed E-state index contributed by atoms with van der Waals surface area (Å²) in [5.74, 6) is -0.992. The highest BCUT2D eigenvalue weighted by molar-refractivity contribution is 9.10. The number of nitrogens with zero attached hydrogens (tertiary/aromatic N) is 2. The number of ether oxygens (including phenoxy) is 1. The Labute approximate surface area is 133 Å². The Kier molecular flexibility index (Phi) is 5.29. The predicted molar refractivity (Wildman–Crippen MR) is 85.0 cm³/mol. The van der Waals surface area contributed by atoms with Gasteiger partial charge in [-0.15, -0.1) is 5.10 Å². The maximum Gasteiger partial charge on any atom is 0.331 e. The number of carbonyl (C=O) groups is 2. The molecule has 6 nitrogen and oxygen atoms in total. The Balaban J connectivity index is 2.05. The summed E-state index contributed by atoms with van der Waals surface area (Å²) < 4.78 is 5.40. The Morgan fingerprint density at radius 2 is 2.29 bits per heavy atom. The van der Waals surface area contributed by atoms with Crippen LogP contribution in [0.25, 0.3) is 0 Å². The van der Waals surface area contributed by atoms with Crippen molar-refractivity contribution in [3.8, 4) is 0 Å². The molecule has 1 amide bonds. The molecule has 0 atom stereocenters. The first-order valence-corrected chi connectivity index (χ1v) is 7.35. The molecule has 0 saturated carbocycles. The zero-order valence-corrected chi connectivity index (χ0v) is 13.3. The van der Waals surface area contributed by atoms with Crippen LogP contribution in [0.15, 0.2) is 49.9 Å². The average Bonchev–Trinajstić information content (AvgIpc) is 2.79. The van der Waals surface area contributed by atoms with E-state index in [9.17, 15) is 9.59 Å². The van der Waals surface area contributed by atoms with E-state index in [0.29, 0.717) is 5.17 Å². The van der Waals surface area contributed by atoms with Gasteiger partial charge in [-0.05, 0) is 29.5 Å². The third kappa shape index (κ3) is 4.54. The minimum absolute atomic E-state index is 0.221. The summed E-state index contributed by atoms with van der Waals surface area (Å²) in [6.45, 7) is 0. The van der Waals surface area contributed by atoms with Crippen LogP contribution >= 0.6 is 27.7 Å². The molecule has 1 aliphatic rings. The molecule has 2 rings (SSSR count). The molecule has 8 heteroatoms. The predicted octanol–water partition coefficient (Wildman–Crippen LogP) is 2.06. The molecule has 21 heavy (non-hydrogen) atoms. The summed E-state index contributed by atoms with van der Waals surface area (Å²) in [4.78, 5) is 22.9. The normalized spacial score (nSPS) is 18.5. The Morgan fingerprint density at radius 1 is 1.48 bits per heavy atom. The second kappa shape index (κ2) is 7.19. The Morgan fingerprint density at radius 3 is 3.00 bits per heavy atom. The average molecular weight is 368 g/mol. The van der Waals surface area contributed by atoms with E-state index in [1.165, 1.54) is 7.11 Å². The van der Waals surface area contributed by atoms with Crippen LogP contribution in [0.4, 0.5) is 0 Å². The van der Waals surface area contributed by atoms with E-state index in [2.05, 4.69) is 36.2 Å². The van der Waals surface area contributed by atoms with Crippen LogP contribution in [0.3, 0.4) is 0 Å². The number of thioether (sulfide) groups is 1. The second-order valence-corrected chi connectivity index (χ2v) is 5.74. The maximum absolute atomic E-state index is 11.6. The third-order valence-corrected chi connectivity index (χ3v) is 3.70. The lowest BCUT2D eigenvalue weighted by Crippen LogP contribution is -2.19. The highest BCUT2D eigenvalue weighted by Crippen LogP contribution is 2.23. The second-order valence-electron chi connectivity index (χ2n) is 3.79. The van der Waals surface area contributed by atoms with Gasteiger partial charge >= 0.3 is 5.97 Å². The third-order valence-electron chi connectivity index (χ3n) is 2.31. The molecule has 1 heterocycles. The van der Waals surface area contributed by atoms with Crippen LogP contribution < -0.4 is 5.32 Å². The lowest BCUT2D eigenvalue weighted by Gasteiger charge is -1.92. The highest BCUT2D eigenvalue weighted by Gasteiger charge is 2.24. The highest BCUT2D eigenvalue weighted by atomic mass is 79.9. The van der Waals surface area contributed by atoms with E-state index in [1.54, 1.807) is 6.21 Å². The number of methoxy groups -OCH3 is 1. The van der Waals surface area contributed by atoms with Crippen molar-refractivity contribution in [1.29, 1.82) is 0 Å². The molecule has 1 N–H and O–H groups in total. The summed E-state index contributed by atoms with van der Waals surface area (Å²) in [7, 11) is 1.24. The number of esters is 1. The quantitative estimate of drug-likeness (QED) is 0.383. The van der Waals surface area contributed by atoms with E-state index in [0.717, 1.165) is 27.9 Å². The first-order chi connectivity index (χ1) is 10.1. The van der Waals surface area contributed by atoms with Crippen molar-refractivity contribution in [3.63, 3.8) is 0 Å². The fraction of sp³-hybridized carbons (Fsp3) is 0.0769. The summed E-state index contributed by atoms with van der Waals surface area (Å²) in [6.07, 6.45) is 2.67. The molecule has 0 aliphatic carbocycles. The van der Waals surface area contributed by atoms with Gasteiger partial charge in [-0.25, -0.2) is 4.79 Å². The molecule has 0 radical (unpaired) electrons. The Bertz CT molecular complexity index is 670. The lowest BCUT2D eigenvalue weighted by atomic mass is 10.2. The minimum Gasteiger partial charge on any atom is -0.466 e. The van der Waals surface area contributed by atoms with Gasteiger partial charge in [-0.3, -0.25) is 10.1 Å². The van der Waals surface area contributed by atoms with Gasteiger partial charge in [0.1, 0.15) is 0 Å². The van der Waals surface area contributed by atoms with Crippen molar-refractivity contribution in [3.05, 3.63) is 45.3 Å². The molecule has 1 aromatic carbocycles. The van der Waals surface area contributed by atoms with E-state index in [-0.39, 0.29) is 4.91 Å². The number of rotatable bonds is 3. The summed E-state index contributed by atoms with van der Waals surface area (Å²) in [5, 5.41) is 10.6. The minimum atomic E-state index is -0.591. The molecule has 1 saturated heterocycles. The van der Waals surface area contributed by atoms with Crippen LogP contribution in [-0.4, -0.2) is 30.4 Å². The molecule has 0 spiro atoms.